The Balaban J connectivity index is 2.70. The number of carbonyl (C=O) groups excluding carboxylic acids is 1. The zero-order valence-corrected chi connectivity index (χ0v) is 11.9. The standard InChI is InChI=1S/C14H22N2O3/c1-9(2)7-11(14(18)19-4)15-8-12-13(17)6-5-10(3)16-12/h5-6,9,11,15,17H,7-8H2,1-4H3. The molecule has 0 saturated carbocycles. The van der Waals surface area contributed by atoms with E-state index >= 15 is 0 Å². The summed E-state index contributed by atoms with van der Waals surface area (Å²) in [5.74, 6) is 0.211. The molecule has 0 radical (unpaired) electrons. The Hall–Kier alpha value is -1.62. The van der Waals surface area contributed by atoms with E-state index in [1.807, 2.05) is 20.8 Å². The van der Waals surface area contributed by atoms with Crippen LogP contribution < -0.4 is 5.32 Å². The van der Waals surface area contributed by atoms with Crippen molar-refractivity contribution in [3.05, 3.63) is 23.5 Å². The fourth-order valence-corrected chi connectivity index (χ4v) is 1.83. The van der Waals surface area contributed by atoms with Crippen LogP contribution in [-0.2, 0) is 16.1 Å². The number of nitrogens with zero attached hydrogens (tertiary/aromatic N) is 1. The third-order valence-corrected chi connectivity index (χ3v) is 2.80. The van der Waals surface area contributed by atoms with Gasteiger partial charge in [0.2, 0.25) is 0 Å². The van der Waals surface area contributed by atoms with Crippen LogP contribution in [-0.4, -0.2) is 29.2 Å². The van der Waals surface area contributed by atoms with Gasteiger partial charge in [-0.15, -0.1) is 0 Å². The van der Waals surface area contributed by atoms with Crippen LogP contribution in [0.2, 0.25) is 0 Å². The average Bonchev–Trinajstić information content (AvgIpc) is 2.36. The second kappa shape index (κ2) is 7.09. The van der Waals surface area contributed by atoms with Crippen LogP contribution in [0.1, 0.15) is 31.7 Å². The molecule has 0 aliphatic carbocycles. The van der Waals surface area contributed by atoms with Crippen LogP contribution in [0.5, 0.6) is 5.75 Å². The first-order valence-corrected chi connectivity index (χ1v) is 6.40. The highest BCUT2D eigenvalue weighted by Gasteiger charge is 2.20. The number of nitrogens with one attached hydrogen (secondary N) is 1. The van der Waals surface area contributed by atoms with Crippen molar-refractivity contribution in [1.29, 1.82) is 0 Å². The maximum absolute atomic E-state index is 11.7. The molecule has 0 fully saturated rings. The summed E-state index contributed by atoms with van der Waals surface area (Å²) in [5, 5.41) is 12.8. The van der Waals surface area contributed by atoms with Gasteiger partial charge in [0.25, 0.3) is 0 Å². The maximum Gasteiger partial charge on any atom is 0.322 e. The van der Waals surface area contributed by atoms with Crippen LogP contribution >= 0.6 is 0 Å². The van der Waals surface area contributed by atoms with E-state index in [-0.39, 0.29) is 17.8 Å². The number of carbonyl (C=O) groups is 1. The second-order valence-electron chi connectivity index (χ2n) is 5.00. The Morgan fingerprint density at radius 3 is 2.74 bits per heavy atom. The van der Waals surface area contributed by atoms with E-state index in [0.29, 0.717) is 24.6 Å². The third kappa shape index (κ3) is 4.87. The van der Waals surface area contributed by atoms with Crippen molar-refractivity contribution in [3.63, 3.8) is 0 Å². The number of aryl methyl sites for hydroxylation is 1. The molecule has 1 heterocycles. The molecule has 0 aliphatic heterocycles. The first-order chi connectivity index (χ1) is 8.93. The number of ether oxygens (including phenoxy) is 1. The summed E-state index contributed by atoms with van der Waals surface area (Å²) in [6.07, 6.45) is 0.680. The van der Waals surface area contributed by atoms with Gasteiger partial charge in [-0.05, 0) is 31.4 Å². The van der Waals surface area contributed by atoms with E-state index < -0.39 is 0 Å². The summed E-state index contributed by atoms with van der Waals surface area (Å²) in [6, 6.07) is 2.96. The van der Waals surface area contributed by atoms with Gasteiger partial charge in [-0.1, -0.05) is 13.8 Å². The predicted molar refractivity (Wildman–Crippen MR) is 72.7 cm³/mol. The van der Waals surface area contributed by atoms with Crippen molar-refractivity contribution in [3.8, 4) is 5.75 Å². The lowest BCUT2D eigenvalue weighted by Crippen LogP contribution is -2.38. The Morgan fingerprint density at radius 1 is 1.47 bits per heavy atom. The number of pyridine rings is 1. The van der Waals surface area contributed by atoms with Crippen molar-refractivity contribution in [2.75, 3.05) is 7.11 Å². The van der Waals surface area contributed by atoms with E-state index in [4.69, 9.17) is 4.74 Å². The quantitative estimate of drug-likeness (QED) is 0.768. The minimum Gasteiger partial charge on any atom is -0.506 e. The summed E-state index contributed by atoms with van der Waals surface area (Å²) in [4.78, 5) is 15.9. The maximum atomic E-state index is 11.7. The molecule has 0 amide bonds. The lowest BCUT2D eigenvalue weighted by molar-refractivity contribution is -0.143. The highest BCUT2D eigenvalue weighted by atomic mass is 16.5. The minimum absolute atomic E-state index is 0.131. The summed E-state index contributed by atoms with van der Waals surface area (Å²) in [6.45, 7) is 6.27. The number of aromatic hydroxyl groups is 1. The number of aromatic nitrogens is 1. The number of rotatable bonds is 6. The Labute approximate surface area is 114 Å². The summed E-state index contributed by atoms with van der Waals surface area (Å²) >= 11 is 0. The topological polar surface area (TPSA) is 71.5 Å². The largest absolute Gasteiger partial charge is 0.506 e. The number of methoxy groups -OCH3 is 1. The normalized spacial score (nSPS) is 12.5. The van der Waals surface area contributed by atoms with E-state index in [0.717, 1.165) is 5.69 Å². The molecule has 1 unspecified atom stereocenters. The predicted octanol–water partition coefficient (Wildman–Crippen LogP) is 1.77. The SMILES string of the molecule is COC(=O)C(CC(C)C)NCc1nc(C)ccc1O. The van der Waals surface area contributed by atoms with E-state index in [9.17, 15) is 9.90 Å². The van der Waals surface area contributed by atoms with Gasteiger partial charge in [0.15, 0.2) is 0 Å². The van der Waals surface area contributed by atoms with Gasteiger partial charge in [0.05, 0.1) is 12.8 Å². The fourth-order valence-electron chi connectivity index (χ4n) is 1.83. The first-order valence-electron chi connectivity index (χ1n) is 6.40. The molecule has 1 rings (SSSR count). The fraction of sp³-hybridized carbons (Fsp3) is 0.571. The highest BCUT2D eigenvalue weighted by molar-refractivity contribution is 5.75. The molecule has 0 bridgehead atoms. The summed E-state index contributed by atoms with van der Waals surface area (Å²) in [7, 11) is 1.37. The molecule has 1 aromatic heterocycles. The van der Waals surface area contributed by atoms with E-state index in [1.165, 1.54) is 7.11 Å². The van der Waals surface area contributed by atoms with E-state index in [1.54, 1.807) is 12.1 Å². The second-order valence-corrected chi connectivity index (χ2v) is 5.00. The highest BCUT2D eigenvalue weighted by Crippen LogP contribution is 2.15. The van der Waals surface area contributed by atoms with Gasteiger partial charge < -0.3 is 9.84 Å². The molecule has 106 valence electrons. The molecule has 19 heavy (non-hydrogen) atoms. The van der Waals surface area contributed by atoms with Crippen LogP contribution in [0.25, 0.3) is 0 Å². The molecular weight excluding hydrogens is 244 g/mol. The molecule has 0 aromatic carbocycles. The first kappa shape index (κ1) is 15.4. The van der Waals surface area contributed by atoms with Gasteiger partial charge in [-0.3, -0.25) is 15.1 Å². The van der Waals surface area contributed by atoms with Gasteiger partial charge in [-0.2, -0.15) is 0 Å². The van der Waals surface area contributed by atoms with Crippen molar-refractivity contribution >= 4 is 5.97 Å². The van der Waals surface area contributed by atoms with Gasteiger partial charge in [-0.25, -0.2) is 0 Å². The van der Waals surface area contributed by atoms with Crippen LogP contribution in [0.4, 0.5) is 0 Å². The van der Waals surface area contributed by atoms with Gasteiger partial charge >= 0.3 is 5.97 Å². The van der Waals surface area contributed by atoms with Crippen molar-refractivity contribution in [2.45, 2.75) is 39.8 Å². The van der Waals surface area contributed by atoms with Gasteiger partial charge in [0, 0.05) is 12.2 Å². The van der Waals surface area contributed by atoms with Crippen LogP contribution in [0, 0.1) is 12.8 Å². The van der Waals surface area contributed by atoms with Gasteiger partial charge in [0.1, 0.15) is 11.8 Å². The van der Waals surface area contributed by atoms with Crippen molar-refractivity contribution in [1.82, 2.24) is 10.3 Å². The monoisotopic (exact) mass is 266 g/mol. The van der Waals surface area contributed by atoms with Crippen LogP contribution in [0.15, 0.2) is 12.1 Å². The Bertz CT molecular complexity index is 433. The zero-order valence-electron chi connectivity index (χ0n) is 11.9. The van der Waals surface area contributed by atoms with E-state index in [2.05, 4.69) is 10.3 Å². The Morgan fingerprint density at radius 2 is 2.16 bits per heavy atom. The smallest absolute Gasteiger partial charge is 0.322 e. The lowest BCUT2D eigenvalue weighted by atomic mass is 10.0. The summed E-state index contributed by atoms with van der Waals surface area (Å²) < 4.78 is 4.77. The molecule has 0 saturated heterocycles. The van der Waals surface area contributed by atoms with Crippen molar-refractivity contribution in [2.24, 2.45) is 5.92 Å². The molecule has 1 atom stereocenters. The number of esters is 1. The van der Waals surface area contributed by atoms with Crippen molar-refractivity contribution < 1.29 is 14.6 Å². The Kier molecular flexibility index (Phi) is 5.76. The third-order valence-electron chi connectivity index (χ3n) is 2.80. The molecule has 1 aromatic rings. The molecule has 2 N–H and O–H groups in total. The number of hydrogen-bond donors (Lipinski definition) is 2. The minimum atomic E-state index is -0.383. The summed E-state index contributed by atoms with van der Waals surface area (Å²) in [5.41, 5.74) is 1.37. The number of hydrogen-bond acceptors (Lipinski definition) is 5. The zero-order chi connectivity index (χ0) is 14.4. The molecular formula is C14H22N2O3. The average molecular weight is 266 g/mol. The molecule has 0 aliphatic rings. The lowest BCUT2D eigenvalue weighted by Gasteiger charge is -2.18. The molecule has 5 heteroatoms. The van der Waals surface area contributed by atoms with Crippen LogP contribution in [0.3, 0.4) is 0 Å². The molecule has 0 spiro atoms. The molecule has 5 nitrogen and oxygen atoms in total.